The Bertz CT molecular complexity index is 510. The van der Waals surface area contributed by atoms with Gasteiger partial charge in [-0.2, -0.15) is 0 Å². The lowest BCUT2D eigenvalue weighted by Gasteiger charge is -2.17. The highest BCUT2D eigenvalue weighted by molar-refractivity contribution is 6.42. The maximum absolute atomic E-state index is 12.4. The second-order valence-electron chi connectivity index (χ2n) is 4.89. The molecule has 0 bridgehead atoms. The van der Waals surface area contributed by atoms with Gasteiger partial charge in [0.15, 0.2) is 5.78 Å². The van der Waals surface area contributed by atoms with Gasteiger partial charge in [-0.05, 0) is 30.5 Å². The van der Waals surface area contributed by atoms with Crippen LogP contribution >= 0.6 is 23.2 Å². The highest BCUT2D eigenvalue weighted by Crippen LogP contribution is 2.33. The van der Waals surface area contributed by atoms with E-state index in [-0.39, 0.29) is 11.7 Å². The number of carbonyl (C=O) groups is 2. The lowest BCUT2D eigenvalue weighted by molar-refractivity contribution is -0.131. The normalized spacial score (nSPS) is 17.4. The molecule has 0 radical (unpaired) electrons. The fourth-order valence-corrected chi connectivity index (χ4v) is 2.91. The summed E-state index contributed by atoms with van der Waals surface area (Å²) >= 11 is 11.8. The molecule has 2 N–H and O–H groups in total. The lowest BCUT2D eigenvalue weighted by Crippen LogP contribution is -2.31. The third kappa shape index (κ3) is 3.10. The summed E-state index contributed by atoms with van der Waals surface area (Å²) in [6.45, 7) is 0. The van der Waals surface area contributed by atoms with Crippen LogP contribution in [0.25, 0.3) is 0 Å². The molecular formula is C14H15Cl2NO2. The summed E-state index contributed by atoms with van der Waals surface area (Å²) < 4.78 is 0. The van der Waals surface area contributed by atoms with E-state index in [2.05, 4.69) is 0 Å². The second-order valence-corrected chi connectivity index (χ2v) is 5.71. The molecule has 0 aromatic heterocycles. The van der Waals surface area contributed by atoms with Crippen LogP contribution in [0.1, 0.15) is 37.2 Å². The first kappa shape index (κ1) is 14.4. The van der Waals surface area contributed by atoms with Crippen LogP contribution in [0, 0.1) is 5.92 Å². The van der Waals surface area contributed by atoms with Gasteiger partial charge in [-0.25, -0.2) is 0 Å². The number of halogens is 2. The SMILES string of the molecule is NC(=O)C(C(=O)C1CCCC1)c1ccc(Cl)c(Cl)c1. The molecule has 2 rings (SSSR count). The molecule has 5 heteroatoms. The van der Waals surface area contributed by atoms with Crippen molar-refractivity contribution in [2.75, 3.05) is 0 Å². The van der Waals surface area contributed by atoms with Gasteiger partial charge in [0, 0.05) is 5.92 Å². The molecule has 102 valence electrons. The monoisotopic (exact) mass is 299 g/mol. The van der Waals surface area contributed by atoms with Gasteiger partial charge in [0.2, 0.25) is 5.91 Å². The van der Waals surface area contributed by atoms with Gasteiger partial charge in [-0.15, -0.1) is 0 Å². The van der Waals surface area contributed by atoms with Gasteiger partial charge < -0.3 is 5.73 Å². The number of benzene rings is 1. The van der Waals surface area contributed by atoms with E-state index in [4.69, 9.17) is 28.9 Å². The third-order valence-corrected chi connectivity index (χ3v) is 4.34. The van der Waals surface area contributed by atoms with Crippen molar-refractivity contribution < 1.29 is 9.59 Å². The van der Waals surface area contributed by atoms with Gasteiger partial charge >= 0.3 is 0 Å². The Morgan fingerprint density at radius 2 is 1.79 bits per heavy atom. The fraction of sp³-hybridized carbons (Fsp3) is 0.429. The average Bonchev–Trinajstić information content (AvgIpc) is 2.87. The lowest BCUT2D eigenvalue weighted by atomic mass is 9.86. The first-order valence-electron chi connectivity index (χ1n) is 6.28. The van der Waals surface area contributed by atoms with E-state index >= 15 is 0 Å². The van der Waals surface area contributed by atoms with Gasteiger partial charge in [0.05, 0.1) is 10.0 Å². The number of ketones is 1. The Hall–Kier alpha value is -1.06. The fourth-order valence-electron chi connectivity index (χ4n) is 2.61. The number of rotatable bonds is 4. The standard InChI is InChI=1S/C14H15Cl2NO2/c15-10-6-5-9(7-11(10)16)12(14(17)19)13(18)8-3-1-2-4-8/h5-8,12H,1-4H2,(H2,17,19). The summed E-state index contributed by atoms with van der Waals surface area (Å²) in [4.78, 5) is 24.0. The molecule has 1 amide bonds. The van der Waals surface area contributed by atoms with Crippen LogP contribution < -0.4 is 5.73 Å². The van der Waals surface area contributed by atoms with E-state index in [1.54, 1.807) is 18.2 Å². The Morgan fingerprint density at radius 1 is 1.16 bits per heavy atom. The van der Waals surface area contributed by atoms with Crippen molar-refractivity contribution in [2.45, 2.75) is 31.6 Å². The summed E-state index contributed by atoms with van der Waals surface area (Å²) in [6.07, 6.45) is 3.74. The second kappa shape index (κ2) is 5.93. The molecule has 0 heterocycles. The zero-order chi connectivity index (χ0) is 14.0. The number of hydrogen-bond acceptors (Lipinski definition) is 2. The molecule has 1 unspecified atom stereocenters. The highest BCUT2D eigenvalue weighted by atomic mass is 35.5. The van der Waals surface area contributed by atoms with E-state index in [1.807, 2.05) is 0 Å². The van der Waals surface area contributed by atoms with Crippen LogP contribution in [-0.2, 0) is 9.59 Å². The molecule has 19 heavy (non-hydrogen) atoms. The summed E-state index contributed by atoms with van der Waals surface area (Å²) in [6, 6.07) is 4.76. The average molecular weight is 300 g/mol. The van der Waals surface area contributed by atoms with Crippen molar-refractivity contribution in [3.8, 4) is 0 Å². The number of Topliss-reactive ketones (excluding diaryl/α,β-unsaturated/α-hetero) is 1. The third-order valence-electron chi connectivity index (χ3n) is 3.60. The first-order chi connectivity index (χ1) is 9.00. The van der Waals surface area contributed by atoms with E-state index in [9.17, 15) is 9.59 Å². The summed E-state index contributed by atoms with van der Waals surface area (Å²) in [5.41, 5.74) is 5.92. The van der Waals surface area contributed by atoms with Crippen molar-refractivity contribution in [2.24, 2.45) is 11.7 Å². The maximum atomic E-state index is 12.4. The molecule has 1 aromatic rings. The Morgan fingerprint density at radius 3 is 2.32 bits per heavy atom. The first-order valence-corrected chi connectivity index (χ1v) is 7.04. The Balaban J connectivity index is 2.31. The highest BCUT2D eigenvalue weighted by Gasteiger charge is 2.33. The number of hydrogen-bond donors (Lipinski definition) is 1. The van der Waals surface area contributed by atoms with Gasteiger partial charge in [0.25, 0.3) is 0 Å². The number of carbonyl (C=O) groups excluding carboxylic acids is 2. The molecule has 1 fully saturated rings. The zero-order valence-corrected chi connectivity index (χ0v) is 11.9. The largest absolute Gasteiger partial charge is 0.369 e. The number of amides is 1. The quantitative estimate of drug-likeness (QED) is 0.867. The molecular weight excluding hydrogens is 285 g/mol. The van der Waals surface area contributed by atoms with E-state index in [1.165, 1.54) is 0 Å². The Labute approximate surface area is 122 Å². The molecule has 0 saturated heterocycles. The van der Waals surface area contributed by atoms with E-state index in [0.717, 1.165) is 25.7 Å². The molecule has 1 atom stereocenters. The predicted molar refractivity (Wildman–Crippen MR) is 75.4 cm³/mol. The molecule has 1 saturated carbocycles. The predicted octanol–water partition coefficient (Wildman–Crippen LogP) is 3.32. The van der Waals surface area contributed by atoms with Crippen LogP contribution in [0.15, 0.2) is 18.2 Å². The topological polar surface area (TPSA) is 60.2 Å². The molecule has 1 aliphatic carbocycles. The zero-order valence-electron chi connectivity index (χ0n) is 10.4. The smallest absolute Gasteiger partial charge is 0.232 e. The van der Waals surface area contributed by atoms with Crippen LogP contribution in [0.4, 0.5) is 0 Å². The van der Waals surface area contributed by atoms with Crippen LogP contribution in [0.5, 0.6) is 0 Å². The molecule has 3 nitrogen and oxygen atoms in total. The minimum Gasteiger partial charge on any atom is -0.369 e. The van der Waals surface area contributed by atoms with Gasteiger partial charge in [-0.3, -0.25) is 9.59 Å². The molecule has 0 aliphatic heterocycles. The van der Waals surface area contributed by atoms with Crippen LogP contribution in [0.3, 0.4) is 0 Å². The summed E-state index contributed by atoms with van der Waals surface area (Å²) in [5.74, 6) is -1.71. The summed E-state index contributed by atoms with van der Waals surface area (Å²) in [7, 11) is 0. The maximum Gasteiger partial charge on any atom is 0.232 e. The molecule has 0 spiro atoms. The van der Waals surface area contributed by atoms with Crippen LogP contribution in [0.2, 0.25) is 10.0 Å². The minimum absolute atomic E-state index is 0.0630. The van der Waals surface area contributed by atoms with Crippen molar-refractivity contribution >= 4 is 34.9 Å². The van der Waals surface area contributed by atoms with E-state index < -0.39 is 11.8 Å². The minimum atomic E-state index is -0.919. The number of primary amides is 1. The van der Waals surface area contributed by atoms with Crippen LogP contribution in [-0.4, -0.2) is 11.7 Å². The van der Waals surface area contributed by atoms with E-state index in [0.29, 0.717) is 15.6 Å². The van der Waals surface area contributed by atoms with Crippen molar-refractivity contribution in [1.82, 2.24) is 0 Å². The summed E-state index contributed by atoms with van der Waals surface area (Å²) in [5, 5.41) is 0.714. The molecule has 1 aliphatic rings. The molecule has 1 aromatic carbocycles. The number of nitrogens with two attached hydrogens (primary N) is 1. The van der Waals surface area contributed by atoms with Crippen molar-refractivity contribution in [1.29, 1.82) is 0 Å². The Kier molecular flexibility index (Phi) is 4.48. The van der Waals surface area contributed by atoms with Crippen molar-refractivity contribution in [3.63, 3.8) is 0 Å². The van der Waals surface area contributed by atoms with Gasteiger partial charge in [0.1, 0.15) is 5.92 Å². The van der Waals surface area contributed by atoms with Crippen molar-refractivity contribution in [3.05, 3.63) is 33.8 Å². The van der Waals surface area contributed by atoms with Gasteiger partial charge in [-0.1, -0.05) is 42.1 Å².